The molecule has 132 valence electrons. The van der Waals surface area contributed by atoms with Crippen molar-refractivity contribution in [1.29, 1.82) is 0 Å². The van der Waals surface area contributed by atoms with E-state index in [1.54, 1.807) is 10.7 Å². The zero-order valence-corrected chi connectivity index (χ0v) is 14.5. The molecule has 0 saturated carbocycles. The van der Waals surface area contributed by atoms with E-state index in [-0.39, 0.29) is 5.56 Å². The Morgan fingerprint density at radius 1 is 1.12 bits per heavy atom. The summed E-state index contributed by atoms with van der Waals surface area (Å²) in [6.07, 6.45) is 7.77. The second-order valence-corrected chi connectivity index (χ2v) is 7.79. The minimum Gasteiger partial charge on any atom is -0.361 e. The van der Waals surface area contributed by atoms with Crippen LogP contribution in [0.3, 0.4) is 0 Å². The lowest BCUT2D eigenvalue weighted by Gasteiger charge is -2.38. The highest BCUT2D eigenvalue weighted by molar-refractivity contribution is 5.25. The summed E-state index contributed by atoms with van der Waals surface area (Å²) in [7, 11) is 0. The average molecular weight is 340 g/mol. The Morgan fingerprint density at radius 3 is 2.92 bits per heavy atom. The summed E-state index contributed by atoms with van der Waals surface area (Å²) < 4.78 is 7.19. The van der Waals surface area contributed by atoms with E-state index < -0.39 is 0 Å². The predicted molar refractivity (Wildman–Crippen MR) is 92.4 cm³/mol. The van der Waals surface area contributed by atoms with Crippen molar-refractivity contribution in [3.05, 3.63) is 44.7 Å². The fraction of sp³-hybridized carbons (Fsp3) is 0.632. The standard InChI is InChI=1S/C19H24N4O2/c24-19-8-14-4-3-6-16(14)20-23(19)11-13-9-22(10-13)12-17-15-5-1-2-7-18(15)25-21-17/h8,13H,1-7,9-12H2. The Kier molecular flexibility index (Phi) is 3.73. The van der Waals surface area contributed by atoms with Crippen LogP contribution in [0.4, 0.5) is 0 Å². The Balaban J connectivity index is 1.20. The number of hydrogen-bond acceptors (Lipinski definition) is 5. The molecule has 2 aromatic rings. The molecule has 0 aromatic carbocycles. The van der Waals surface area contributed by atoms with Crippen LogP contribution in [-0.2, 0) is 38.8 Å². The minimum absolute atomic E-state index is 0.0599. The first kappa shape index (κ1) is 15.3. The summed E-state index contributed by atoms with van der Waals surface area (Å²) in [4.78, 5) is 14.6. The van der Waals surface area contributed by atoms with Gasteiger partial charge in [0.2, 0.25) is 0 Å². The molecule has 1 aliphatic heterocycles. The van der Waals surface area contributed by atoms with Gasteiger partial charge >= 0.3 is 0 Å². The van der Waals surface area contributed by atoms with Crippen molar-refractivity contribution in [2.45, 2.75) is 58.0 Å². The largest absolute Gasteiger partial charge is 0.361 e. The fourth-order valence-electron chi connectivity index (χ4n) is 4.52. The van der Waals surface area contributed by atoms with E-state index in [1.807, 2.05) is 0 Å². The minimum atomic E-state index is 0.0599. The summed E-state index contributed by atoms with van der Waals surface area (Å²) in [5.41, 5.74) is 4.83. The molecule has 1 fully saturated rings. The van der Waals surface area contributed by atoms with Gasteiger partial charge in [-0.15, -0.1) is 0 Å². The summed E-state index contributed by atoms with van der Waals surface area (Å²) in [5, 5.41) is 8.89. The van der Waals surface area contributed by atoms with Crippen molar-refractivity contribution in [2.24, 2.45) is 5.92 Å². The van der Waals surface area contributed by atoms with E-state index in [4.69, 9.17) is 4.52 Å². The molecule has 0 atom stereocenters. The van der Waals surface area contributed by atoms with Gasteiger partial charge in [-0.25, -0.2) is 4.68 Å². The number of aryl methyl sites for hydroxylation is 3. The quantitative estimate of drug-likeness (QED) is 0.848. The van der Waals surface area contributed by atoms with Gasteiger partial charge in [0.05, 0.1) is 12.2 Å². The van der Waals surface area contributed by atoms with Crippen molar-refractivity contribution < 1.29 is 4.52 Å². The van der Waals surface area contributed by atoms with Crippen LogP contribution in [-0.4, -0.2) is 32.9 Å². The number of aromatic nitrogens is 3. The lowest BCUT2D eigenvalue weighted by Crippen LogP contribution is -2.49. The summed E-state index contributed by atoms with van der Waals surface area (Å²) in [5.74, 6) is 1.61. The van der Waals surface area contributed by atoms with Gasteiger partial charge in [-0.3, -0.25) is 9.69 Å². The smallest absolute Gasteiger partial charge is 0.267 e. The molecule has 3 aliphatic rings. The molecule has 5 rings (SSSR count). The molecule has 2 aromatic heterocycles. The summed E-state index contributed by atoms with van der Waals surface area (Å²) in [6.45, 7) is 3.63. The van der Waals surface area contributed by atoms with Gasteiger partial charge in [0.15, 0.2) is 0 Å². The normalized spacial score (nSPS) is 20.3. The highest BCUT2D eigenvalue weighted by Gasteiger charge is 2.30. The van der Waals surface area contributed by atoms with Crippen molar-refractivity contribution in [1.82, 2.24) is 19.8 Å². The van der Waals surface area contributed by atoms with Gasteiger partial charge in [0, 0.05) is 43.6 Å². The summed E-state index contributed by atoms with van der Waals surface area (Å²) >= 11 is 0. The lowest BCUT2D eigenvalue weighted by molar-refractivity contribution is 0.0740. The maximum absolute atomic E-state index is 12.2. The van der Waals surface area contributed by atoms with Gasteiger partial charge < -0.3 is 4.52 Å². The monoisotopic (exact) mass is 340 g/mol. The highest BCUT2D eigenvalue weighted by atomic mass is 16.5. The van der Waals surface area contributed by atoms with E-state index in [0.717, 1.165) is 81.0 Å². The van der Waals surface area contributed by atoms with Crippen LogP contribution in [0.15, 0.2) is 15.4 Å². The number of likely N-dealkylation sites (tertiary alicyclic amines) is 1. The van der Waals surface area contributed by atoms with Gasteiger partial charge in [0.25, 0.3) is 5.56 Å². The van der Waals surface area contributed by atoms with Crippen molar-refractivity contribution in [2.75, 3.05) is 13.1 Å². The van der Waals surface area contributed by atoms with E-state index in [9.17, 15) is 4.79 Å². The van der Waals surface area contributed by atoms with Crippen LogP contribution < -0.4 is 5.56 Å². The van der Waals surface area contributed by atoms with Crippen LogP contribution in [0.2, 0.25) is 0 Å². The van der Waals surface area contributed by atoms with Crippen LogP contribution in [0, 0.1) is 5.92 Å². The van der Waals surface area contributed by atoms with E-state index >= 15 is 0 Å². The van der Waals surface area contributed by atoms with Crippen molar-refractivity contribution >= 4 is 0 Å². The lowest BCUT2D eigenvalue weighted by atomic mass is 9.95. The molecule has 0 bridgehead atoms. The number of fused-ring (bicyclic) bond motifs is 2. The maximum atomic E-state index is 12.2. The van der Waals surface area contributed by atoms with Crippen molar-refractivity contribution in [3.63, 3.8) is 0 Å². The van der Waals surface area contributed by atoms with Crippen LogP contribution in [0.1, 0.15) is 47.5 Å². The molecule has 0 radical (unpaired) electrons. The van der Waals surface area contributed by atoms with Crippen LogP contribution in [0.25, 0.3) is 0 Å². The highest BCUT2D eigenvalue weighted by Crippen LogP contribution is 2.27. The predicted octanol–water partition coefficient (Wildman–Crippen LogP) is 1.73. The zero-order valence-electron chi connectivity index (χ0n) is 14.5. The van der Waals surface area contributed by atoms with E-state index in [2.05, 4.69) is 15.2 Å². The van der Waals surface area contributed by atoms with E-state index in [1.165, 1.54) is 18.4 Å². The van der Waals surface area contributed by atoms with Crippen LogP contribution in [0.5, 0.6) is 0 Å². The first-order valence-electron chi connectivity index (χ1n) is 9.55. The summed E-state index contributed by atoms with van der Waals surface area (Å²) in [6, 6.07) is 1.80. The molecule has 0 unspecified atom stereocenters. The molecular weight excluding hydrogens is 316 g/mol. The van der Waals surface area contributed by atoms with Gasteiger partial charge in [-0.05, 0) is 44.1 Å². The molecule has 2 aliphatic carbocycles. The molecule has 3 heterocycles. The van der Waals surface area contributed by atoms with Crippen molar-refractivity contribution in [3.8, 4) is 0 Å². The molecule has 6 nitrogen and oxygen atoms in total. The SMILES string of the molecule is O=c1cc2c(nn1CC1CN(Cc3noc4c3CCCC4)C1)CCC2. The Hall–Kier alpha value is -1.95. The Morgan fingerprint density at radius 2 is 2.00 bits per heavy atom. The molecule has 25 heavy (non-hydrogen) atoms. The molecule has 0 amide bonds. The van der Waals surface area contributed by atoms with Gasteiger partial charge in [-0.1, -0.05) is 5.16 Å². The fourth-order valence-corrected chi connectivity index (χ4v) is 4.52. The number of rotatable bonds is 4. The van der Waals surface area contributed by atoms with Crippen LogP contribution >= 0.6 is 0 Å². The number of hydrogen-bond donors (Lipinski definition) is 0. The Labute approximate surface area is 146 Å². The Bertz CT molecular complexity index is 848. The zero-order chi connectivity index (χ0) is 16.8. The van der Waals surface area contributed by atoms with E-state index in [0.29, 0.717) is 5.92 Å². The average Bonchev–Trinajstić information content (AvgIpc) is 3.19. The third-order valence-electron chi connectivity index (χ3n) is 5.89. The third-order valence-corrected chi connectivity index (χ3v) is 5.89. The number of nitrogens with zero attached hydrogens (tertiary/aromatic N) is 4. The first-order chi connectivity index (χ1) is 12.3. The molecule has 1 saturated heterocycles. The second-order valence-electron chi connectivity index (χ2n) is 7.79. The molecular formula is C19H24N4O2. The molecule has 0 spiro atoms. The topological polar surface area (TPSA) is 64.2 Å². The second kappa shape index (κ2) is 6.09. The van der Waals surface area contributed by atoms with Gasteiger partial charge in [-0.2, -0.15) is 5.10 Å². The maximum Gasteiger partial charge on any atom is 0.267 e. The molecule has 6 heteroatoms. The third kappa shape index (κ3) is 2.82. The van der Waals surface area contributed by atoms with Gasteiger partial charge in [0.1, 0.15) is 11.5 Å². The first-order valence-corrected chi connectivity index (χ1v) is 9.55. The molecule has 0 N–H and O–H groups in total.